The standard InChI is InChI=1S/C14H16N2O3/c1-9-6-10(14(17)18)8-16(7-9)13-11-3-5-19-12(11)2-4-15-13/h2-5,9-10H,6-8H2,1H3,(H,17,18). The molecule has 0 bridgehead atoms. The van der Waals surface area contributed by atoms with Crippen LogP contribution < -0.4 is 4.90 Å². The molecule has 3 rings (SSSR count). The van der Waals surface area contributed by atoms with Crippen LogP contribution in [0.3, 0.4) is 0 Å². The van der Waals surface area contributed by atoms with E-state index in [1.54, 1.807) is 12.5 Å². The fourth-order valence-electron chi connectivity index (χ4n) is 2.84. The summed E-state index contributed by atoms with van der Waals surface area (Å²) >= 11 is 0. The molecule has 5 nitrogen and oxygen atoms in total. The van der Waals surface area contributed by atoms with Crippen molar-refractivity contribution in [3.8, 4) is 0 Å². The van der Waals surface area contributed by atoms with Crippen molar-refractivity contribution in [3.63, 3.8) is 0 Å². The highest BCUT2D eigenvalue weighted by Crippen LogP contribution is 2.30. The predicted octanol–water partition coefficient (Wildman–Crippen LogP) is 2.37. The van der Waals surface area contributed by atoms with Crippen molar-refractivity contribution in [1.29, 1.82) is 0 Å². The quantitative estimate of drug-likeness (QED) is 0.898. The van der Waals surface area contributed by atoms with Gasteiger partial charge in [0.25, 0.3) is 0 Å². The number of hydrogen-bond donors (Lipinski definition) is 1. The van der Waals surface area contributed by atoms with E-state index < -0.39 is 5.97 Å². The molecule has 1 aliphatic heterocycles. The largest absolute Gasteiger partial charge is 0.481 e. The van der Waals surface area contributed by atoms with Crippen molar-refractivity contribution < 1.29 is 14.3 Å². The monoisotopic (exact) mass is 260 g/mol. The van der Waals surface area contributed by atoms with Crippen LogP contribution in [0.5, 0.6) is 0 Å². The molecule has 2 unspecified atom stereocenters. The number of aromatic nitrogens is 1. The van der Waals surface area contributed by atoms with Crippen molar-refractivity contribution in [2.45, 2.75) is 13.3 Å². The molecule has 0 radical (unpaired) electrons. The minimum atomic E-state index is -0.726. The number of anilines is 1. The fraction of sp³-hybridized carbons (Fsp3) is 0.429. The Morgan fingerprint density at radius 1 is 1.47 bits per heavy atom. The Morgan fingerprint density at radius 2 is 2.32 bits per heavy atom. The van der Waals surface area contributed by atoms with Gasteiger partial charge in [-0.15, -0.1) is 0 Å². The maximum absolute atomic E-state index is 11.2. The maximum Gasteiger partial charge on any atom is 0.308 e. The summed E-state index contributed by atoms with van der Waals surface area (Å²) in [6.07, 6.45) is 4.07. The smallest absolute Gasteiger partial charge is 0.308 e. The van der Waals surface area contributed by atoms with Gasteiger partial charge in [-0.2, -0.15) is 0 Å². The lowest BCUT2D eigenvalue weighted by molar-refractivity contribution is -0.142. The topological polar surface area (TPSA) is 66.6 Å². The Hall–Kier alpha value is -2.04. The molecule has 0 aromatic carbocycles. The lowest BCUT2D eigenvalue weighted by Crippen LogP contribution is -2.43. The number of aliphatic carboxylic acids is 1. The van der Waals surface area contributed by atoms with E-state index in [0.29, 0.717) is 12.5 Å². The van der Waals surface area contributed by atoms with Gasteiger partial charge >= 0.3 is 5.97 Å². The van der Waals surface area contributed by atoms with Gasteiger partial charge in [-0.3, -0.25) is 4.79 Å². The van der Waals surface area contributed by atoms with Crippen LogP contribution >= 0.6 is 0 Å². The lowest BCUT2D eigenvalue weighted by Gasteiger charge is -2.35. The summed E-state index contributed by atoms with van der Waals surface area (Å²) in [5.74, 6) is 0.117. The molecule has 0 saturated carbocycles. The number of pyridine rings is 1. The summed E-state index contributed by atoms with van der Waals surface area (Å²) in [6.45, 7) is 3.43. The summed E-state index contributed by atoms with van der Waals surface area (Å²) < 4.78 is 5.37. The Bertz CT molecular complexity index is 608. The molecule has 1 saturated heterocycles. The van der Waals surface area contributed by atoms with Crippen LogP contribution in [0.2, 0.25) is 0 Å². The van der Waals surface area contributed by atoms with E-state index in [-0.39, 0.29) is 5.92 Å². The number of hydrogen-bond acceptors (Lipinski definition) is 4. The first-order valence-electron chi connectivity index (χ1n) is 6.45. The molecule has 3 heterocycles. The Kier molecular flexibility index (Phi) is 2.89. The Labute approximate surface area is 110 Å². The number of furan rings is 1. The van der Waals surface area contributed by atoms with Gasteiger partial charge in [-0.25, -0.2) is 4.98 Å². The second-order valence-corrected chi connectivity index (χ2v) is 5.25. The van der Waals surface area contributed by atoms with Gasteiger partial charge in [-0.1, -0.05) is 6.92 Å². The van der Waals surface area contributed by atoms with Crippen LogP contribution in [0.1, 0.15) is 13.3 Å². The van der Waals surface area contributed by atoms with Gasteiger partial charge < -0.3 is 14.4 Å². The number of carboxylic acid groups (broad SMARTS) is 1. The van der Waals surface area contributed by atoms with Gasteiger partial charge in [0.1, 0.15) is 11.4 Å². The van der Waals surface area contributed by atoms with Crippen molar-refractivity contribution in [2.75, 3.05) is 18.0 Å². The zero-order valence-corrected chi connectivity index (χ0v) is 10.7. The predicted molar refractivity (Wildman–Crippen MR) is 71.1 cm³/mol. The van der Waals surface area contributed by atoms with Gasteiger partial charge in [0.15, 0.2) is 0 Å². The molecule has 2 aromatic rings. The summed E-state index contributed by atoms with van der Waals surface area (Å²) in [5.41, 5.74) is 0.787. The highest BCUT2D eigenvalue weighted by atomic mass is 16.4. The molecular formula is C14H16N2O3. The van der Waals surface area contributed by atoms with Crippen molar-refractivity contribution in [3.05, 3.63) is 24.6 Å². The molecule has 5 heteroatoms. The molecule has 1 N–H and O–H groups in total. The van der Waals surface area contributed by atoms with Gasteiger partial charge in [-0.05, 0) is 24.5 Å². The highest BCUT2D eigenvalue weighted by molar-refractivity contribution is 5.88. The van der Waals surface area contributed by atoms with Crippen LogP contribution in [0.4, 0.5) is 5.82 Å². The first-order chi connectivity index (χ1) is 9.15. The highest BCUT2D eigenvalue weighted by Gasteiger charge is 2.30. The van der Waals surface area contributed by atoms with Crippen LogP contribution in [-0.2, 0) is 4.79 Å². The van der Waals surface area contributed by atoms with E-state index in [1.807, 2.05) is 12.1 Å². The Morgan fingerprint density at radius 3 is 3.11 bits per heavy atom. The summed E-state index contributed by atoms with van der Waals surface area (Å²) in [7, 11) is 0. The van der Waals surface area contributed by atoms with Crippen LogP contribution in [0, 0.1) is 11.8 Å². The number of carboxylic acids is 1. The summed E-state index contributed by atoms with van der Waals surface area (Å²) in [5, 5.41) is 10.2. The van der Waals surface area contributed by atoms with E-state index in [1.165, 1.54) is 0 Å². The van der Waals surface area contributed by atoms with E-state index in [0.717, 1.165) is 29.8 Å². The minimum Gasteiger partial charge on any atom is -0.481 e. The molecule has 0 amide bonds. The second kappa shape index (κ2) is 4.57. The fourth-order valence-corrected chi connectivity index (χ4v) is 2.84. The number of rotatable bonds is 2. The van der Waals surface area contributed by atoms with Crippen LogP contribution in [0.25, 0.3) is 11.0 Å². The Balaban J connectivity index is 1.96. The third-order valence-corrected chi connectivity index (χ3v) is 3.67. The first-order valence-corrected chi connectivity index (χ1v) is 6.45. The van der Waals surface area contributed by atoms with Crippen LogP contribution in [-0.4, -0.2) is 29.1 Å². The van der Waals surface area contributed by atoms with Crippen molar-refractivity contribution >= 4 is 22.8 Å². The van der Waals surface area contributed by atoms with Gasteiger partial charge in [0, 0.05) is 19.3 Å². The zero-order valence-electron chi connectivity index (χ0n) is 10.7. The molecule has 0 spiro atoms. The van der Waals surface area contributed by atoms with E-state index in [4.69, 9.17) is 4.42 Å². The van der Waals surface area contributed by atoms with Gasteiger partial charge in [0.2, 0.25) is 0 Å². The molecule has 2 atom stereocenters. The average Bonchev–Trinajstić information content (AvgIpc) is 2.85. The maximum atomic E-state index is 11.2. The summed E-state index contributed by atoms with van der Waals surface area (Å²) in [6, 6.07) is 3.70. The molecular weight excluding hydrogens is 244 g/mol. The number of nitrogens with zero attached hydrogens (tertiary/aromatic N) is 2. The molecule has 1 aliphatic rings. The van der Waals surface area contributed by atoms with Crippen molar-refractivity contribution in [1.82, 2.24) is 4.98 Å². The zero-order chi connectivity index (χ0) is 13.4. The molecule has 100 valence electrons. The van der Waals surface area contributed by atoms with Crippen molar-refractivity contribution in [2.24, 2.45) is 11.8 Å². The average molecular weight is 260 g/mol. The van der Waals surface area contributed by atoms with Crippen LogP contribution in [0.15, 0.2) is 29.0 Å². The number of piperidine rings is 1. The number of carbonyl (C=O) groups is 1. The molecule has 19 heavy (non-hydrogen) atoms. The van der Waals surface area contributed by atoms with Gasteiger partial charge in [0.05, 0.1) is 17.6 Å². The second-order valence-electron chi connectivity index (χ2n) is 5.25. The SMILES string of the molecule is CC1CC(C(=O)O)CN(c2nccc3occc23)C1. The third kappa shape index (κ3) is 2.16. The van der Waals surface area contributed by atoms with E-state index in [9.17, 15) is 9.90 Å². The lowest BCUT2D eigenvalue weighted by atomic mass is 9.90. The summed E-state index contributed by atoms with van der Waals surface area (Å²) in [4.78, 5) is 17.7. The molecule has 1 fully saturated rings. The first kappa shape index (κ1) is 12.0. The normalized spacial score (nSPS) is 23.7. The minimum absolute atomic E-state index is 0.326. The van der Waals surface area contributed by atoms with E-state index in [2.05, 4.69) is 16.8 Å². The molecule has 0 aliphatic carbocycles. The molecule has 2 aromatic heterocycles. The third-order valence-electron chi connectivity index (χ3n) is 3.67. The number of fused-ring (bicyclic) bond motifs is 1. The van der Waals surface area contributed by atoms with E-state index >= 15 is 0 Å².